The van der Waals surface area contributed by atoms with E-state index in [0.717, 1.165) is 22.2 Å². The van der Waals surface area contributed by atoms with Crippen molar-refractivity contribution in [1.29, 1.82) is 0 Å². The number of benzene rings is 1. The normalized spacial score (nSPS) is 10.8. The van der Waals surface area contributed by atoms with Gasteiger partial charge in [0.2, 0.25) is 0 Å². The van der Waals surface area contributed by atoms with Crippen LogP contribution in [-0.2, 0) is 6.54 Å². The van der Waals surface area contributed by atoms with E-state index >= 15 is 0 Å². The molecule has 3 heteroatoms. The third kappa shape index (κ3) is 1.59. The molecule has 1 heterocycles. The van der Waals surface area contributed by atoms with Crippen LogP contribution in [-0.4, -0.2) is 4.98 Å². The Balaban J connectivity index is 2.81. The summed E-state index contributed by atoms with van der Waals surface area (Å²) in [5, 5.41) is 1.76. The lowest BCUT2D eigenvalue weighted by molar-refractivity contribution is 1.07. The van der Waals surface area contributed by atoms with Gasteiger partial charge in [-0.2, -0.15) is 0 Å². The van der Waals surface area contributed by atoms with Gasteiger partial charge in [-0.3, -0.25) is 4.98 Å². The molecule has 2 nitrogen and oxygen atoms in total. The van der Waals surface area contributed by atoms with Gasteiger partial charge in [-0.15, -0.1) is 0 Å². The van der Waals surface area contributed by atoms with E-state index in [1.165, 1.54) is 0 Å². The molecule has 72 valence electrons. The highest BCUT2D eigenvalue weighted by Gasteiger charge is 2.03. The Kier molecular flexibility index (Phi) is 2.40. The van der Waals surface area contributed by atoms with E-state index in [0.29, 0.717) is 11.6 Å². The van der Waals surface area contributed by atoms with Gasteiger partial charge in [-0.1, -0.05) is 17.7 Å². The SMILES string of the molecule is Cc1ccc2cc(Cl)cc(CN)c2n1. The van der Waals surface area contributed by atoms with Crippen LogP contribution in [0.5, 0.6) is 0 Å². The Labute approximate surface area is 87.7 Å². The lowest BCUT2D eigenvalue weighted by Gasteiger charge is -2.05. The largest absolute Gasteiger partial charge is 0.326 e. The second kappa shape index (κ2) is 3.56. The first-order valence-corrected chi connectivity index (χ1v) is 4.84. The van der Waals surface area contributed by atoms with Gasteiger partial charge < -0.3 is 5.73 Å². The van der Waals surface area contributed by atoms with E-state index in [1.54, 1.807) is 0 Å². The summed E-state index contributed by atoms with van der Waals surface area (Å²) in [6.45, 7) is 2.43. The maximum atomic E-state index is 5.96. The van der Waals surface area contributed by atoms with Crippen molar-refractivity contribution in [1.82, 2.24) is 4.98 Å². The zero-order valence-corrected chi connectivity index (χ0v) is 8.67. The molecule has 2 aromatic rings. The van der Waals surface area contributed by atoms with E-state index in [1.807, 2.05) is 31.2 Å². The Morgan fingerprint density at radius 2 is 2.14 bits per heavy atom. The standard InChI is InChI=1S/C11H11ClN2/c1-7-2-3-8-4-10(12)5-9(6-13)11(8)14-7/h2-5H,6,13H2,1H3. The molecule has 2 rings (SSSR count). The fraction of sp³-hybridized carbons (Fsp3) is 0.182. The molecular weight excluding hydrogens is 196 g/mol. The van der Waals surface area contributed by atoms with Crippen LogP contribution in [0.4, 0.5) is 0 Å². The summed E-state index contributed by atoms with van der Waals surface area (Å²) >= 11 is 5.96. The topological polar surface area (TPSA) is 38.9 Å². The number of aryl methyl sites for hydroxylation is 1. The summed E-state index contributed by atoms with van der Waals surface area (Å²) in [5.74, 6) is 0. The van der Waals surface area contributed by atoms with E-state index in [2.05, 4.69) is 4.98 Å². The Morgan fingerprint density at radius 3 is 2.86 bits per heavy atom. The van der Waals surface area contributed by atoms with E-state index in [-0.39, 0.29) is 0 Å². The number of rotatable bonds is 1. The van der Waals surface area contributed by atoms with E-state index in [9.17, 15) is 0 Å². The van der Waals surface area contributed by atoms with Crippen molar-refractivity contribution in [2.45, 2.75) is 13.5 Å². The Morgan fingerprint density at radius 1 is 1.36 bits per heavy atom. The highest BCUT2D eigenvalue weighted by atomic mass is 35.5. The summed E-state index contributed by atoms with van der Waals surface area (Å²) in [6, 6.07) is 7.76. The number of halogens is 1. The van der Waals surface area contributed by atoms with Crippen LogP contribution in [0.15, 0.2) is 24.3 Å². The Hall–Kier alpha value is -1.12. The van der Waals surface area contributed by atoms with Crippen molar-refractivity contribution in [2.24, 2.45) is 5.73 Å². The second-order valence-corrected chi connectivity index (χ2v) is 3.73. The zero-order valence-electron chi connectivity index (χ0n) is 7.92. The van der Waals surface area contributed by atoms with Gasteiger partial charge in [-0.05, 0) is 30.7 Å². The lowest BCUT2D eigenvalue weighted by Crippen LogP contribution is -1.99. The molecule has 0 bridgehead atoms. The summed E-state index contributed by atoms with van der Waals surface area (Å²) in [7, 11) is 0. The van der Waals surface area contributed by atoms with Gasteiger partial charge in [0.25, 0.3) is 0 Å². The van der Waals surface area contributed by atoms with Gasteiger partial charge >= 0.3 is 0 Å². The molecule has 2 N–H and O–H groups in total. The molecular formula is C11H11ClN2. The van der Waals surface area contributed by atoms with Crippen molar-refractivity contribution in [3.8, 4) is 0 Å². The highest BCUT2D eigenvalue weighted by Crippen LogP contribution is 2.22. The number of hydrogen-bond donors (Lipinski definition) is 1. The zero-order chi connectivity index (χ0) is 10.1. The van der Waals surface area contributed by atoms with E-state index in [4.69, 9.17) is 17.3 Å². The van der Waals surface area contributed by atoms with Crippen molar-refractivity contribution in [3.05, 3.63) is 40.5 Å². The maximum absolute atomic E-state index is 5.96. The van der Waals surface area contributed by atoms with Gasteiger partial charge in [-0.25, -0.2) is 0 Å². The van der Waals surface area contributed by atoms with Crippen molar-refractivity contribution in [2.75, 3.05) is 0 Å². The molecule has 0 saturated carbocycles. The first-order valence-electron chi connectivity index (χ1n) is 4.46. The molecule has 0 aliphatic heterocycles. The fourth-order valence-electron chi connectivity index (χ4n) is 1.52. The lowest BCUT2D eigenvalue weighted by atomic mass is 10.1. The monoisotopic (exact) mass is 206 g/mol. The quantitative estimate of drug-likeness (QED) is 0.779. The van der Waals surface area contributed by atoms with E-state index < -0.39 is 0 Å². The van der Waals surface area contributed by atoms with Gasteiger partial charge in [0, 0.05) is 22.6 Å². The average molecular weight is 207 g/mol. The van der Waals surface area contributed by atoms with Crippen LogP contribution in [0, 0.1) is 6.92 Å². The van der Waals surface area contributed by atoms with Crippen LogP contribution >= 0.6 is 11.6 Å². The first-order chi connectivity index (χ1) is 6.70. The molecule has 1 aromatic heterocycles. The third-order valence-electron chi connectivity index (χ3n) is 2.20. The number of aromatic nitrogens is 1. The van der Waals surface area contributed by atoms with Gasteiger partial charge in [0.1, 0.15) is 0 Å². The molecule has 0 aliphatic rings. The van der Waals surface area contributed by atoms with Crippen LogP contribution in [0.25, 0.3) is 10.9 Å². The maximum Gasteiger partial charge on any atom is 0.0751 e. The molecule has 0 unspecified atom stereocenters. The average Bonchev–Trinajstić information content (AvgIpc) is 2.17. The molecule has 0 aliphatic carbocycles. The fourth-order valence-corrected chi connectivity index (χ4v) is 1.77. The highest BCUT2D eigenvalue weighted by molar-refractivity contribution is 6.31. The third-order valence-corrected chi connectivity index (χ3v) is 2.41. The van der Waals surface area contributed by atoms with Gasteiger partial charge in [0.05, 0.1) is 5.52 Å². The number of hydrogen-bond acceptors (Lipinski definition) is 2. The number of pyridine rings is 1. The predicted octanol–water partition coefficient (Wildman–Crippen LogP) is 2.66. The van der Waals surface area contributed by atoms with Crippen LogP contribution in [0.2, 0.25) is 5.02 Å². The molecule has 0 amide bonds. The predicted molar refractivity (Wildman–Crippen MR) is 59.4 cm³/mol. The van der Waals surface area contributed by atoms with Crippen molar-refractivity contribution >= 4 is 22.5 Å². The number of nitrogens with zero attached hydrogens (tertiary/aromatic N) is 1. The van der Waals surface area contributed by atoms with Crippen molar-refractivity contribution < 1.29 is 0 Å². The summed E-state index contributed by atoms with van der Waals surface area (Å²) in [6.07, 6.45) is 0. The molecule has 0 fully saturated rings. The number of nitrogens with two attached hydrogens (primary N) is 1. The minimum Gasteiger partial charge on any atom is -0.326 e. The summed E-state index contributed by atoms with van der Waals surface area (Å²) in [4.78, 5) is 4.45. The minimum atomic E-state index is 0.466. The van der Waals surface area contributed by atoms with Gasteiger partial charge in [0.15, 0.2) is 0 Å². The molecule has 0 atom stereocenters. The molecule has 14 heavy (non-hydrogen) atoms. The second-order valence-electron chi connectivity index (χ2n) is 3.29. The van der Waals surface area contributed by atoms with Crippen molar-refractivity contribution in [3.63, 3.8) is 0 Å². The molecule has 1 aromatic carbocycles. The van der Waals surface area contributed by atoms with Crippen LogP contribution in [0.1, 0.15) is 11.3 Å². The molecule has 0 radical (unpaired) electrons. The smallest absolute Gasteiger partial charge is 0.0751 e. The molecule has 0 spiro atoms. The summed E-state index contributed by atoms with van der Waals surface area (Å²) < 4.78 is 0. The minimum absolute atomic E-state index is 0.466. The molecule has 0 saturated heterocycles. The Bertz CT molecular complexity index is 480. The first kappa shape index (κ1) is 9.44. The summed E-state index contributed by atoms with van der Waals surface area (Å²) in [5.41, 5.74) is 8.58. The number of fused-ring (bicyclic) bond motifs is 1. The van der Waals surface area contributed by atoms with Crippen LogP contribution in [0.3, 0.4) is 0 Å². The van der Waals surface area contributed by atoms with Crippen LogP contribution < -0.4 is 5.73 Å².